The van der Waals surface area contributed by atoms with E-state index in [4.69, 9.17) is 0 Å². The summed E-state index contributed by atoms with van der Waals surface area (Å²) >= 11 is 0. The van der Waals surface area contributed by atoms with E-state index in [1.54, 1.807) is 7.05 Å². The first-order valence-electron chi connectivity index (χ1n) is 8.59. The lowest BCUT2D eigenvalue weighted by atomic mass is 10.1. The Balaban J connectivity index is 0.00000576. The maximum Gasteiger partial charge on any atom is 0.401 e. The van der Waals surface area contributed by atoms with Crippen molar-refractivity contribution in [2.45, 2.75) is 45.5 Å². The van der Waals surface area contributed by atoms with Gasteiger partial charge >= 0.3 is 6.18 Å². The van der Waals surface area contributed by atoms with E-state index >= 15 is 0 Å². The fourth-order valence-electron chi connectivity index (χ4n) is 2.92. The van der Waals surface area contributed by atoms with Gasteiger partial charge in [0, 0.05) is 38.8 Å². The number of aliphatic imine (C=N–C) groups is 1. The van der Waals surface area contributed by atoms with Gasteiger partial charge in [-0.25, -0.2) is 0 Å². The summed E-state index contributed by atoms with van der Waals surface area (Å²) in [6.07, 6.45) is -3.51. The Hall–Kier alpha value is -0.290. The normalized spacial score (nSPS) is 22.4. The van der Waals surface area contributed by atoms with Crippen LogP contribution in [0.2, 0.25) is 0 Å². The minimum Gasteiger partial charge on any atom is -0.356 e. The maximum atomic E-state index is 12.3. The van der Waals surface area contributed by atoms with Crippen LogP contribution in [0.25, 0.3) is 0 Å². The number of alkyl halides is 3. The highest BCUT2D eigenvalue weighted by Crippen LogP contribution is 2.18. The monoisotopic (exact) mass is 479 g/mol. The number of likely N-dealkylation sites (tertiary alicyclic amines) is 1. The number of nitrogens with zero attached hydrogens (tertiary/aromatic N) is 3. The summed E-state index contributed by atoms with van der Waals surface area (Å²) in [6, 6.07) is 0.866. The Labute approximate surface area is 166 Å². The van der Waals surface area contributed by atoms with Crippen molar-refractivity contribution in [2.24, 2.45) is 10.9 Å². The van der Waals surface area contributed by atoms with Gasteiger partial charge in [0.25, 0.3) is 0 Å². The molecule has 9 heteroatoms. The van der Waals surface area contributed by atoms with Crippen LogP contribution in [0, 0.1) is 5.92 Å². The van der Waals surface area contributed by atoms with E-state index in [9.17, 15) is 13.2 Å². The number of halogens is 4. The molecule has 0 bridgehead atoms. The van der Waals surface area contributed by atoms with Crippen LogP contribution in [0.5, 0.6) is 0 Å². The molecule has 0 saturated carbocycles. The van der Waals surface area contributed by atoms with Gasteiger partial charge in [0.2, 0.25) is 0 Å². The highest BCUT2D eigenvalue weighted by molar-refractivity contribution is 14.0. The van der Waals surface area contributed by atoms with E-state index in [0.717, 1.165) is 19.0 Å². The molecule has 0 radical (unpaired) electrons. The number of hydrogen-bond donors (Lipinski definition) is 2. The Bertz CT molecular complexity index is 404. The molecule has 2 atom stereocenters. The van der Waals surface area contributed by atoms with Gasteiger partial charge in [-0.2, -0.15) is 13.2 Å². The Morgan fingerprint density at radius 2 is 1.96 bits per heavy atom. The molecule has 2 N–H and O–H groups in total. The molecule has 0 aromatic heterocycles. The molecule has 1 fully saturated rings. The summed E-state index contributed by atoms with van der Waals surface area (Å²) in [6.45, 7) is 8.77. The van der Waals surface area contributed by atoms with Gasteiger partial charge in [-0.3, -0.25) is 14.8 Å². The second kappa shape index (κ2) is 11.4. The zero-order valence-corrected chi connectivity index (χ0v) is 18.2. The third kappa shape index (κ3) is 9.83. The van der Waals surface area contributed by atoms with Crippen LogP contribution in [0.15, 0.2) is 4.99 Å². The third-order valence-electron chi connectivity index (χ3n) is 4.37. The van der Waals surface area contributed by atoms with Crippen LogP contribution >= 0.6 is 24.0 Å². The number of nitrogens with one attached hydrogen (secondary N) is 2. The fraction of sp³-hybridized carbons (Fsp3) is 0.938. The predicted octanol–water partition coefficient (Wildman–Crippen LogP) is 2.38. The summed E-state index contributed by atoms with van der Waals surface area (Å²) in [7, 11) is 3.20. The van der Waals surface area contributed by atoms with Crippen LogP contribution in [-0.2, 0) is 0 Å². The van der Waals surface area contributed by atoms with Crippen LogP contribution in [0.4, 0.5) is 13.2 Å². The average Bonchev–Trinajstić information content (AvgIpc) is 2.81. The largest absolute Gasteiger partial charge is 0.401 e. The summed E-state index contributed by atoms with van der Waals surface area (Å²) in [5, 5.41) is 6.62. The van der Waals surface area contributed by atoms with Crippen molar-refractivity contribution in [3.63, 3.8) is 0 Å². The van der Waals surface area contributed by atoms with Gasteiger partial charge in [-0.15, -0.1) is 24.0 Å². The molecule has 2 unspecified atom stereocenters. The fourth-order valence-corrected chi connectivity index (χ4v) is 2.92. The molecule has 1 aliphatic heterocycles. The molecule has 1 rings (SSSR count). The van der Waals surface area contributed by atoms with Gasteiger partial charge in [0.15, 0.2) is 5.96 Å². The molecule has 0 aliphatic carbocycles. The van der Waals surface area contributed by atoms with Crippen LogP contribution < -0.4 is 10.6 Å². The van der Waals surface area contributed by atoms with Crippen molar-refractivity contribution < 1.29 is 13.2 Å². The van der Waals surface area contributed by atoms with Crippen molar-refractivity contribution in [1.82, 2.24) is 20.4 Å². The van der Waals surface area contributed by atoms with E-state index in [2.05, 4.69) is 41.3 Å². The maximum absolute atomic E-state index is 12.3. The van der Waals surface area contributed by atoms with Crippen molar-refractivity contribution in [3.8, 4) is 0 Å². The lowest BCUT2D eigenvalue weighted by Gasteiger charge is -2.22. The molecule has 150 valence electrons. The molecule has 1 saturated heterocycles. The van der Waals surface area contributed by atoms with Crippen molar-refractivity contribution >= 4 is 29.9 Å². The Kier molecular flexibility index (Phi) is 11.3. The quantitative estimate of drug-likeness (QED) is 0.255. The van der Waals surface area contributed by atoms with Gasteiger partial charge in [0.1, 0.15) is 0 Å². The highest BCUT2D eigenvalue weighted by Gasteiger charge is 2.31. The van der Waals surface area contributed by atoms with Crippen LogP contribution in [-0.4, -0.2) is 80.8 Å². The molecule has 0 aromatic carbocycles. The lowest BCUT2D eigenvalue weighted by molar-refractivity contribution is -0.143. The number of guanidine groups is 1. The van der Waals surface area contributed by atoms with E-state index in [1.807, 2.05) is 0 Å². The van der Waals surface area contributed by atoms with Gasteiger partial charge in [0.05, 0.1) is 6.54 Å². The van der Waals surface area contributed by atoms with Crippen LogP contribution in [0.3, 0.4) is 0 Å². The topological polar surface area (TPSA) is 42.9 Å². The summed E-state index contributed by atoms with van der Waals surface area (Å²) in [5.41, 5.74) is 0. The van der Waals surface area contributed by atoms with Gasteiger partial charge < -0.3 is 10.6 Å². The zero-order valence-electron chi connectivity index (χ0n) is 15.9. The zero-order chi connectivity index (χ0) is 18.3. The average molecular weight is 479 g/mol. The summed E-state index contributed by atoms with van der Waals surface area (Å²) in [5.74, 6) is 1.25. The minimum atomic E-state index is -4.14. The van der Waals surface area contributed by atoms with E-state index in [-0.39, 0.29) is 24.0 Å². The molecular formula is C16H33F3IN5. The first-order valence-corrected chi connectivity index (χ1v) is 8.59. The SMILES string of the molecule is CN=C(NCCCN(C)CC(F)(F)F)NC1CN(C(C)C)CC1C.I. The van der Waals surface area contributed by atoms with E-state index < -0.39 is 12.7 Å². The van der Waals surface area contributed by atoms with Gasteiger partial charge in [-0.1, -0.05) is 6.92 Å². The first kappa shape index (κ1) is 24.7. The number of rotatable bonds is 7. The minimum absolute atomic E-state index is 0. The van der Waals surface area contributed by atoms with E-state index in [0.29, 0.717) is 37.5 Å². The molecule has 25 heavy (non-hydrogen) atoms. The molecule has 1 aliphatic rings. The molecule has 0 spiro atoms. The van der Waals surface area contributed by atoms with Crippen molar-refractivity contribution in [2.75, 3.05) is 46.8 Å². The molecule has 5 nitrogen and oxygen atoms in total. The Morgan fingerprint density at radius 3 is 2.44 bits per heavy atom. The summed E-state index contributed by atoms with van der Waals surface area (Å²) in [4.78, 5) is 7.94. The second-order valence-corrected chi connectivity index (χ2v) is 6.98. The highest BCUT2D eigenvalue weighted by atomic mass is 127. The number of hydrogen-bond acceptors (Lipinski definition) is 3. The molecular weight excluding hydrogens is 446 g/mol. The standard InChI is InChI=1S/C16H32F3N5.HI/c1-12(2)24-9-13(3)14(10-24)22-15(20-4)21-7-6-8-23(5)11-16(17,18)19;/h12-14H,6-11H2,1-5H3,(H2,20,21,22);1H. The summed E-state index contributed by atoms with van der Waals surface area (Å²) < 4.78 is 36.8. The Morgan fingerprint density at radius 1 is 1.32 bits per heavy atom. The van der Waals surface area contributed by atoms with E-state index in [1.165, 1.54) is 11.9 Å². The lowest BCUT2D eigenvalue weighted by Crippen LogP contribution is -2.47. The molecule has 0 amide bonds. The predicted molar refractivity (Wildman–Crippen MR) is 108 cm³/mol. The molecule has 1 heterocycles. The smallest absolute Gasteiger partial charge is 0.356 e. The third-order valence-corrected chi connectivity index (χ3v) is 4.37. The van der Waals surface area contributed by atoms with Crippen molar-refractivity contribution in [1.29, 1.82) is 0 Å². The molecule has 0 aromatic rings. The van der Waals surface area contributed by atoms with Gasteiger partial charge in [-0.05, 0) is 39.8 Å². The second-order valence-electron chi connectivity index (χ2n) is 6.98. The van der Waals surface area contributed by atoms with Crippen LogP contribution in [0.1, 0.15) is 27.2 Å². The first-order chi connectivity index (χ1) is 11.1. The van der Waals surface area contributed by atoms with Crippen molar-refractivity contribution in [3.05, 3.63) is 0 Å².